The predicted molar refractivity (Wildman–Crippen MR) is 24.8 cm³/mol. The van der Waals surface area contributed by atoms with Crippen LogP contribution in [0.3, 0.4) is 0 Å². The molecule has 0 radical (unpaired) electrons. The minimum absolute atomic E-state index is 0. The monoisotopic (exact) mass is 180 g/mol. The van der Waals surface area contributed by atoms with Gasteiger partial charge in [-0.3, -0.25) is 0 Å². The van der Waals surface area contributed by atoms with Gasteiger partial charge in [0.25, 0.3) is 0 Å². The molecule has 0 heterocycles. The van der Waals surface area contributed by atoms with Gasteiger partial charge in [0.2, 0.25) is 0 Å². The molecule has 10 heavy (non-hydrogen) atoms. The molecule has 0 bridgehead atoms. The van der Waals surface area contributed by atoms with Crippen LogP contribution >= 0.6 is 0 Å². The normalized spacial score (nSPS) is 8.70. The van der Waals surface area contributed by atoms with Gasteiger partial charge in [0.15, 0.2) is 0 Å². The molecule has 7 nitrogen and oxygen atoms in total. The van der Waals surface area contributed by atoms with Crippen molar-refractivity contribution in [2.75, 3.05) is 0 Å². The fourth-order valence-electron chi connectivity index (χ4n) is 0. The zero-order valence-electron chi connectivity index (χ0n) is 5.17. The molecule has 0 aromatic rings. The van der Waals surface area contributed by atoms with Crippen molar-refractivity contribution in [1.29, 1.82) is 0 Å². The Labute approximate surface area is 80.2 Å². The summed E-state index contributed by atoms with van der Waals surface area (Å²) in [6, 6.07) is 0. The van der Waals surface area contributed by atoms with Crippen LogP contribution in [0.25, 0.3) is 0 Å². The zero-order valence-corrected chi connectivity index (χ0v) is 8.17. The maximum absolute atomic E-state index is 8.91. The SMILES string of the molecule is OB(O)O.[Na+].[O-][Si](O)(O)O. The summed E-state index contributed by atoms with van der Waals surface area (Å²) in [5.41, 5.74) is 0. The summed E-state index contributed by atoms with van der Waals surface area (Å²) in [5.74, 6) is 0. The van der Waals surface area contributed by atoms with Crippen molar-refractivity contribution < 1.29 is 63.8 Å². The molecule has 0 saturated heterocycles. The van der Waals surface area contributed by atoms with Gasteiger partial charge in [-0.25, -0.2) is 0 Å². The summed E-state index contributed by atoms with van der Waals surface area (Å²) in [6.07, 6.45) is 0. The van der Waals surface area contributed by atoms with Crippen LogP contribution in [-0.4, -0.2) is 45.8 Å². The molecular weight excluding hydrogens is 174 g/mol. The van der Waals surface area contributed by atoms with Gasteiger partial charge >= 0.3 is 45.9 Å². The Hall–Kier alpha value is 1.00. The van der Waals surface area contributed by atoms with E-state index in [1.54, 1.807) is 0 Å². The minimum Gasteiger partial charge on any atom is -0.794 e. The van der Waals surface area contributed by atoms with E-state index in [0.717, 1.165) is 0 Å². The Morgan fingerprint density at radius 1 is 1.00 bits per heavy atom. The smallest absolute Gasteiger partial charge is 0.794 e. The summed E-state index contributed by atoms with van der Waals surface area (Å²) in [7, 11) is -7.03. The fourth-order valence-corrected chi connectivity index (χ4v) is 0. The van der Waals surface area contributed by atoms with Gasteiger partial charge < -0.3 is 34.3 Å². The minimum atomic E-state index is -4.86. The molecule has 0 saturated carbocycles. The Morgan fingerprint density at radius 3 is 1.00 bits per heavy atom. The van der Waals surface area contributed by atoms with Crippen LogP contribution in [0.15, 0.2) is 0 Å². The first-order valence-corrected chi connectivity index (χ1v) is 3.40. The van der Waals surface area contributed by atoms with E-state index < -0.39 is 16.4 Å². The van der Waals surface area contributed by atoms with Crippen molar-refractivity contribution in [2.24, 2.45) is 0 Å². The Balaban J connectivity index is -0.0000000910. The molecule has 0 atom stereocenters. The predicted octanol–water partition coefficient (Wildman–Crippen LogP) is -8.29. The second kappa shape index (κ2) is 8.10. The van der Waals surface area contributed by atoms with Crippen LogP contribution in [0.5, 0.6) is 0 Å². The molecule has 0 rings (SSSR count). The molecule has 6 N–H and O–H groups in total. The van der Waals surface area contributed by atoms with Gasteiger partial charge in [-0.1, -0.05) is 0 Å². The second-order valence-electron chi connectivity index (χ2n) is 0.920. The first kappa shape index (κ1) is 17.2. The van der Waals surface area contributed by atoms with E-state index in [4.69, 9.17) is 34.3 Å². The molecule has 0 spiro atoms. The molecule has 0 aliphatic rings. The number of rotatable bonds is 0. The largest absolute Gasteiger partial charge is 1.00 e. The molecular formula is H6BNaO7Si. The van der Waals surface area contributed by atoms with Gasteiger partial charge in [-0.05, 0) is 0 Å². The quantitative estimate of drug-likeness (QED) is 0.203. The Morgan fingerprint density at radius 2 is 1.00 bits per heavy atom. The molecule has 0 unspecified atom stereocenters. The molecule has 0 aliphatic heterocycles. The van der Waals surface area contributed by atoms with Crippen LogP contribution in [0.1, 0.15) is 0 Å². The molecule has 0 aliphatic carbocycles. The van der Waals surface area contributed by atoms with Crippen molar-refractivity contribution in [3.05, 3.63) is 0 Å². The van der Waals surface area contributed by atoms with Crippen LogP contribution in [0, 0.1) is 0 Å². The fraction of sp³-hybridized carbons (Fsp3) is 0. The molecule has 56 valence electrons. The van der Waals surface area contributed by atoms with Crippen molar-refractivity contribution in [2.45, 2.75) is 0 Å². The third-order valence-electron chi connectivity index (χ3n) is 0. The van der Waals surface area contributed by atoms with Gasteiger partial charge in [0, 0.05) is 0 Å². The standard InChI is InChI=1S/BH3O3.Na.H3O4Si/c2-1(3)4;;1-5(2,3)4/h2-4H;;1-3H/q;+1;-1. The molecule has 0 fully saturated rings. The average molecular weight is 180 g/mol. The topological polar surface area (TPSA) is 144 Å². The van der Waals surface area contributed by atoms with Crippen molar-refractivity contribution in [1.82, 2.24) is 0 Å². The molecule has 0 amide bonds. The third kappa shape index (κ3) is 574. The van der Waals surface area contributed by atoms with Crippen LogP contribution in [0.2, 0.25) is 0 Å². The zero-order chi connectivity index (χ0) is 8.08. The van der Waals surface area contributed by atoms with E-state index in [2.05, 4.69) is 0 Å². The van der Waals surface area contributed by atoms with E-state index in [1.165, 1.54) is 0 Å². The van der Waals surface area contributed by atoms with Gasteiger partial charge in [0.1, 0.15) is 0 Å². The maximum Gasteiger partial charge on any atom is 1.00 e. The van der Waals surface area contributed by atoms with Crippen molar-refractivity contribution in [3.8, 4) is 0 Å². The van der Waals surface area contributed by atoms with E-state index in [-0.39, 0.29) is 29.6 Å². The average Bonchev–Trinajstić information content (AvgIpc) is 1.19. The molecule has 0 aromatic heterocycles. The van der Waals surface area contributed by atoms with Gasteiger partial charge in [0.05, 0.1) is 0 Å². The summed E-state index contributed by atoms with van der Waals surface area (Å²) in [5, 5.41) is 21.5. The van der Waals surface area contributed by atoms with E-state index >= 15 is 0 Å². The van der Waals surface area contributed by atoms with E-state index in [1.807, 2.05) is 0 Å². The van der Waals surface area contributed by atoms with Gasteiger partial charge in [-0.15, -0.1) is 0 Å². The van der Waals surface area contributed by atoms with E-state index in [0.29, 0.717) is 0 Å². The van der Waals surface area contributed by atoms with Crippen LogP contribution in [-0.2, 0) is 0 Å². The first-order valence-electron chi connectivity index (χ1n) is 1.65. The second-order valence-corrected chi connectivity index (χ2v) is 2.07. The Bertz CT molecular complexity index is 50.4. The van der Waals surface area contributed by atoms with E-state index in [9.17, 15) is 0 Å². The third-order valence-corrected chi connectivity index (χ3v) is 0. The first-order chi connectivity index (χ1) is 3.73. The summed E-state index contributed by atoms with van der Waals surface area (Å²) in [4.78, 5) is 30.6. The maximum atomic E-state index is 8.91. The van der Waals surface area contributed by atoms with Crippen LogP contribution < -0.4 is 34.4 Å². The van der Waals surface area contributed by atoms with Gasteiger partial charge in [-0.2, -0.15) is 0 Å². The summed E-state index contributed by atoms with van der Waals surface area (Å²) >= 11 is 0. The number of hydrogen-bond acceptors (Lipinski definition) is 7. The number of hydrogen-bond donors (Lipinski definition) is 6. The Kier molecular flexibility index (Phi) is 13.9. The van der Waals surface area contributed by atoms with Crippen molar-refractivity contribution in [3.63, 3.8) is 0 Å². The molecule has 10 heteroatoms. The van der Waals surface area contributed by atoms with Crippen molar-refractivity contribution >= 4 is 16.4 Å². The summed E-state index contributed by atoms with van der Waals surface area (Å²) in [6.45, 7) is 0. The molecule has 0 aromatic carbocycles. The van der Waals surface area contributed by atoms with Crippen LogP contribution in [0.4, 0.5) is 0 Å². The summed E-state index contributed by atoms with van der Waals surface area (Å²) < 4.78 is 0.